The second kappa shape index (κ2) is 5.16. The zero-order chi connectivity index (χ0) is 16.8. The molecule has 2 nitrogen and oxygen atoms in total. The highest BCUT2D eigenvalue weighted by Crippen LogP contribution is 2.56. The molecule has 2 N–H and O–H groups in total. The maximum atomic E-state index is 10.7. The van der Waals surface area contributed by atoms with Gasteiger partial charge in [-0.15, -0.1) is 6.58 Å². The molecule has 0 saturated heterocycles. The fourth-order valence-electron chi connectivity index (χ4n) is 4.25. The van der Waals surface area contributed by atoms with Crippen LogP contribution in [-0.4, -0.2) is 10.2 Å². The number of phenols is 2. The molecular weight excluding hydrogens is 284 g/mol. The summed E-state index contributed by atoms with van der Waals surface area (Å²) in [6.07, 6.45) is 3.50. The Morgan fingerprint density at radius 3 is 2.52 bits per heavy atom. The van der Waals surface area contributed by atoms with Gasteiger partial charge in [-0.05, 0) is 53.1 Å². The van der Waals surface area contributed by atoms with Crippen molar-refractivity contribution in [2.45, 2.75) is 44.4 Å². The molecule has 0 aromatic heterocycles. The first-order chi connectivity index (χ1) is 10.8. The van der Waals surface area contributed by atoms with Gasteiger partial charge in [0.2, 0.25) is 0 Å². The largest absolute Gasteiger partial charge is 0.508 e. The van der Waals surface area contributed by atoms with E-state index in [0.29, 0.717) is 5.75 Å². The molecule has 2 aromatic rings. The van der Waals surface area contributed by atoms with Crippen LogP contribution in [0.15, 0.2) is 49.1 Å². The summed E-state index contributed by atoms with van der Waals surface area (Å²) in [5.41, 5.74) is 3.96. The van der Waals surface area contributed by atoms with E-state index >= 15 is 0 Å². The molecule has 1 aliphatic rings. The van der Waals surface area contributed by atoms with E-state index in [1.807, 2.05) is 30.3 Å². The predicted molar refractivity (Wildman–Crippen MR) is 94.2 cm³/mol. The molecule has 1 aliphatic carbocycles. The summed E-state index contributed by atoms with van der Waals surface area (Å²) in [5, 5.41) is 20.6. The van der Waals surface area contributed by atoms with Crippen LogP contribution in [0, 0.1) is 0 Å². The van der Waals surface area contributed by atoms with Gasteiger partial charge in [-0.25, -0.2) is 0 Å². The summed E-state index contributed by atoms with van der Waals surface area (Å²) in [5.74, 6) is 0.605. The Bertz CT molecular complexity index is 773. The van der Waals surface area contributed by atoms with Crippen LogP contribution < -0.4 is 0 Å². The molecule has 0 saturated carbocycles. The van der Waals surface area contributed by atoms with Gasteiger partial charge in [-0.2, -0.15) is 0 Å². The molecule has 0 heterocycles. The summed E-state index contributed by atoms with van der Waals surface area (Å²) < 4.78 is 0. The Labute approximate surface area is 138 Å². The Kier molecular flexibility index (Phi) is 3.51. The molecule has 0 aliphatic heterocycles. The topological polar surface area (TPSA) is 40.5 Å². The normalized spacial score (nSPS) is 21.9. The summed E-state index contributed by atoms with van der Waals surface area (Å²) in [7, 11) is 0. The summed E-state index contributed by atoms with van der Waals surface area (Å²) in [4.78, 5) is 0. The zero-order valence-corrected chi connectivity index (χ0v) is 14.1. The lowest BCUT2D eigenvalue weighted by Crippen LogP contribution is -2.23. The van der Waals surface area contributed by atoms with Gasteiger partial charge in [0.25, 0.3) is 0 Å². The first-order valence-electron chi connectivity index (χ1n) is 8.05. The van der Waals surface area contributed by atoms with Crippen molar-refractivity contribution in [3.63, 3.8) is 0 Å². The molecule has 0 fully saturated rings. The van der Waals surface area contributed by atoms with Gasteiger partial charge in [0.15, 0.2) is 0 Å². The predicted octanol–water partition coefficient (Wildman–Crippen LogP) is 4.81. The smallest absolute Gasteiger partial charge is 0.120 e. The minimum Gasteiger partial charge on any atom is -0.508 e. The maximum absolute atomic E-state index is 10.7. The lowest BCUT2D eigenvalue weighted by molar-refractivity contribution is 0.409. The molecule has 0 spiro atoms. The van der Waals surface area contributed by atoms with E-state index in [0.717, 1.165) is 29.5 Å². The minimum absolute atomic E-state index is 0.0375. The van der Waals surface area contributed by atoms with Crippen LogP contribution in [0.1, 0.15) is 49.4 Å². The number of allylic oxidation sites excluding steroid dienone is 1. The zero-order valence-electron chi connectivity index (χ0n) is 14.1. The highest BCUT2D eigenvalue weighted by Gasteiger charge is 2.47. The molecule has 0 bridgehead atoms. The van der Waals surface area contributed by atoms with Crippen molar-refractivity contribution in [1.29, 1.82) is 0 Å². The highest BCUT2D eigenvalue weighted by molar-refractivity contribution is 5.59. The third kappa shape index (κ3) is 2.42. The third-order valence-electron chi connectivity index (χ3n) is 5.12. The lowest BCUT2D eigenvalue weighted by Gasteiger charge is -2.28. The molecule has 120 valence electrons. The minimum atomic E-state index is -0.311. The molecular formula is C21H24O2. The fraction of sp³-hybridized carbons (Fsp3) is 0.333. The number of benzene rings is 2. The molecule has 1 atom stereocenters. The molecule has 1 unspecified atom stereocenters. The van der Waals surface area contributed by atoms with Crippen molar-refractivity contribution in [1.82, 2.24) is 0 Å². The molecule has 23 heavy (non-hydrogen) atoms. The van der Waals surface area contributed by atoms with E-state index in [9.17, 15) is 10.2 Å². The van der Waals surface area contributed by atoms with Gasteiger partial charge in [-0.3, -0.25) is 0 Å². The highest BCUT2D eigenvalue weighted by atomic mass is 16.3. The summed E-state index contributed by atoms with van der Waals surface area (Å²) in [6.45, 7) is 10.4. The number of phenolic OH excluding ortho intramolecular Hbond substituents is 2. The van der Waals surface area contributed by atoms with Crippen molar-refractivity contribution >= 4 is 0 Å². The SMILES string of the molecule is C=CCc1cc(O)c2c(c1)C(C)(C)CC2(C)c1cccc(O)c1. The third-order valence-corrected chi connectivity index (χ3v) is 5.12. The molecule has 0 amide bonds. The Morgan fingerprint density at radius 1 is 1.13 bits per heavy atom. The van der Waals surface area contributed by atoms with Gasteiger partial charge < -0.3 is 10.2 Å². The average molecular weight is 308 g/mol. The van der Waals surface area contributed by atoms with Crippen LogP contribution in [0.3, 0.4) is 0 Å². The Balaban J connectivity index is 2.24. The van der Waals surface area contributed by atoms with Crippen molar-refractivity contribution in [2.75, 3.05) is 0 Å². The first-order valence-corrected chi connectivity index (χ1v) is 8.05. The fourth-order valence-corrected chi connectivity index (χ4v) is 4.25. The van der Waals surface area contributed by atoms with Gasteiger partial charge in [0, 0.05) is 11.0 Å². The van der Waals surface area contributed by atoms with Crippen molar-refractivity contribution < 1.29 is 10.2 Å². The van der Waals surface area contributed by atoms with Crippen LogP contribution in [0.25, 0.3) is 0 Å². The van der Waals surface area contributed by atoms with Crippen LogP contribution in [-0.2, 0) is 17.3 Å². The van der Waals surface area contributed by atoms with E-state index in [2.05, 4.69) is 33.4 Å². The van der Waals surface area contributed by atoms with Gasteiger partial charge >= 0.3 is 0 Å². The Hall–Kier alpha value is -2.22. The van der Waals surface area contributed by atoms with Gasteiger partial charge in [0.1, 0.15) is 11.5 Å². The lowest BCUT2D eigenvalue weighted by atomic mass is 9.75. The monoisotopic (exact) mass is 308 g/mol. The quantitative estimate of drug-likeness (QED) is 0.799. The maximum Gasteiger partial charge on any atom is 0.120 e. The van der Waals surface area contributed by atoms with Crippen LogP contribution >= 0.6 is 0 Å². The van der Waals surface area contributed by atoms with E-state index in [-0.39, 0.29) is 16.6 Å². The molecule has 2 aromatic carbocycles. The number of aromatic hydroxyl groups is 2. The number of fused-ring (bicyclic) bond motifs is 1. The standard InChI is InChI=1S/C21H24O2/c1-5-7-14-10-17-19(18(23)11-14)21(4,13-20(17,2)3)15-8-6-9-16(22)12-15/h5-6,8-12,22-23H,1,7,13H2,2-4H3. The second-order valence-corrected chi connectivity index (χ2v) is 7.47. The number of hydrogen-bond acceptors (Lipinski definition) is 2. The molecule has 3 rings (SSSR count). The average Bonchev–Trinajstić information content (AvgIpc) is 2.67. The van der Waals surface area contributed by atoms with E-state index < -0.39 is 0 Å². The molecule has 0 radical (unpaired) electrons. The van der Waals surface area contributed by atoms with E-state index in [1.165, 1.54) is 5.56 Å². The second-order valence-electron chi connectivity index (χ2n) is 7.47. The Morgan fingerprint density at radius 2 is 1.87 bits per heavy atom. The number of hydrogen-bond donors (Lipinski definition) is 2. The van der Waals surface area contributed by atoms with E-state index in [4.69, 9.17) is 0 Å². The first kappa shape index (κ1) is 15.7. The van der Waals surface area contributed by atoms with Crippen LogP contribution in [0.2, 0.25) is 0 Å². The van der Waals surface area contributed by atoms with E-state index in [1.54, 1.807) is 6.07 Å². The molecule has 2 heteroatoms. The van der Waals surface area contributed by atoms with Gasteiger partial charge in [-0.1, -0.05) is 45.0 Å². The van der Waals surface area contributed by atoms with Crippen molar-refractivity contribution in [3.05, 3.63) is 71.3 Å². The van der Waals surface area contributed by atoms with Gasteiger partial charge in [0.05, 0.1) is 0 Å². The number of rotatable bonds is 3. The van der Waals surface area contributed by atoms with Crippen molar-refractivity contribution in [3.8, 4) is 11.5 Å². The van der Waals surface area contributed by atoms with Crippen LogP contribution in [0.5, 0.6) is 11.5 Å². The summed E-state index contributed by atoms with van der Waals surface area (Å²) in [6, 6.07) is 11.4. The van der Waals surface area contributed by atoms with Crippen molar-refractivity contribution in [2.24, 2.45) is 0 Å². The summed E-state index contributed by atoms with van der Waals surface area (Å²) >= 11 is 0. The van der Waals surface area contributed by atoms with Crippen LogP contribution in [0.4, 0.5) is 0 Å².